The van der Waals surface area contributed by atoms with Gasteiger partial charge in [0, 0.05) is 11.4 Å². The Bertz CT molecular complexity index is 794. The number of aryl methyl sites for hydroxylation is 2. The van der Waals surface area contributed by atoms with E-state index in [1.165, 1.54) is 31.4 Å². The predicted octanol–water partition coefficient (Wildman–Crippen LogP) is 3.28. The lowest BCUT2D eigenvalue weighted by molar-refractivity contribution is 0.187. The standard InChI is InChI=1S/C16H18N2O4S/c1-11-8-12(2)10-14(9-11)18-23(20,21)15-6-4-13(5-7-15)17-16(19)22-3/h4-10,18H,1-3H3,(H,17,19). The van der Waals surface area contributed by atoms with Gasteiger partial charge in [0.2, 0.25) is 0 Å². The number of nitrogens with one attached hydrogen (secondary N) is 2. The molecule has 7 heteroatoms. The van der Waals surface area contributed by atoms with E-state index < -0.39 is 16.1 Å². The molecule has 0 saturated heterocycles. The number of rotatable bonds is 4. The Labute approximate surface area is 135 Å². The van der Waals surface area contributed by atoms with E-state index in [4.69, 9.17) is 0 Å². The first kappa shape index (κ1) is 16.8. The average Bonchev–Trinajstić information content (AvgIpc) is 2.46. The van der Waals surface area contributed by atoms with Gasteiger partial charge in [0.05, 0.1) is 12.0 Å². The van der Waals surface area contributed by atoms with Crippen LogP contribution in [-0.4, -0.2) is 21.6 Å². The molecule has 0 fully saturated rings. The van der Waals surface area contributed by atoms with E-state index in [1.807, 2.05) is 19.9 Å². The van der Waals surface area contributed by atoms with E-state index in [0.717, 1.165) is 11.1 Å². The van der Waals surface area contributed by atoms with E-state index in [-0.39, 0.29) is 4.90 Å². The van der Waals surface area contributed by atoms with Gasteiger partial charge in [-0.2, -0.15) is 0 Å². The minimum atomic E-state index is -3.69. The topological polar surface area (TPSA) is 84.5 Å². The molecule has 0 atom stereocenters. The molecule has 2 N–H and O–H groups in total. The van der Waals surface area contributed by atoms with Gasteiger partial charge in [-0.15, -0.1) is 0 Å². The maximum atomic E-state index is 12.4. The molecular formula is C16H18N2O4S. The first-order valence-electron chi connectivity index (χ1n) is 6.86. The largest absolute Gasteiger partial charge is 0.453 e. The minimum Gasteiger partial charge on any atom is -0.453 e. The van der Waals surface area contributed by atoms with Crippen molar-refractivity contribution in [2.45, 2.75) is 18.7 Å². The second kappa shape index (κ2) is 6.70. The molecule has 0 radical (unpaired) electrons. The van der Waals surface area contributed by atoms with Crippen LogP contribution in [-0.2, 0) is 14.8 Å². The average molecular weight is 334 g/mol. The molecule has 0 aromatic heterocycles. The number of carbonyl (C=O) groups is 1. The summed E-state index contributed by atoms with van der Waals surface area (Å²) < 4.78 is 31.8. The van der Waals surface area contributed by atoms with Gasteiger partial charge >= 0.3 is 6.09 Å². The van der Waals surface area contributed by atoms with Crippen LogP contribution in [0.15, 0.2) is 47.4 Å². The monoisotopic (exact) mass is 334 g/mol. The third-order valence-corrected chi connectivity index (χ3v) is 4.47. The Hall–Kier alpha value is -2.54. The Kier molecular flexibility index (Phi) is 4.90. The second-order valence-electron chi connectivity index (χ2n) is 5.12. The molecule has 1 amide bonds. The molecule has 0 aliphatic heterocycles. The number of methoxy groups -OCH3 is 1. The van der Waals surface area contributed by atoms with Crippen LogP contribution in [0.1, 0.15) is 11.1 Å². The van der Waals surface area contributed by atoms with Crippen LogP contribution in [0, 0.1) is 13.8 Å². The maximum absolute atomic E-state index is 12.4. The van der Waals surface area contributed by atoms with Crippen LogP contribution in [0.2, 0.25) is 0 Å². The molecular weight excluding hydrogens is 316 g/mol. The van der Waals surface area contributed by atoms with Crippen molar-refractivity contribution in [3.63, 3.8) is 0 Å². The number of hydrogen-bond donors (Lipinski definition) is 2. The zero-order valence-electron chi connectivity index (χ0n) is 13.1. The van der Waals surface area contributed by atoms with Gasteiger partial charge in [-0.05, 0) is 61.4 Å². The summed E-state index contributed by atoms with van der Waals surface area (Å²) in [5.41, 5.74) is 2.90. The highest BCUT2D eigenvalue weighted by atomic mass is 32.2. The van der Waals surface area contributed by atoms with Gasteiger partial charge < -0.3 is 4.74 Å². The van der Waals surface area contributed by atoms with Crippen LogP contribution in [0.3, 0.4) is 0 Å². The second-order valence-corrected chi connectivity index (χ2v) is 6.81. The SMILES string of the molecule is COC(=O)Nc1ccc(S(=O)(=O)Nc2cc(C)cc(C)c2)cc1. The summed E-state index contributed by atoms with van der Waals surface area (Å²) in [5.74, 6) is 0. The molecule has 23 heavy (non-hydrogen) atoms. The first-order valence-corrected chi connectivity index (χ1v) is 8.34. The molecule has 0 aliphatic carbocycles. The van der Waals surface area contributed by atoms with E-state index in [9.17, 15) is 13.2 Å². The minimum absolute atomic E-state index is 0.104. The van der Waals surface area contributed by atoms with Crippen molar-refractivity contribution in [2.24, 2.45) is 0 Å². The van der Waals surface area contributed by atoms with Crippen molar-refractivity contribution in [3.05, 3.63) is 53.6 Å². The fourth-order valence-corrected chi connectivity index (χ4v) is 3.17. The molecule has 0 bridgehead atoms. The van der Waals surface area contributed by atoms with Gasteiger partial charge in [0.1, 0.15) is 0 Å². The number of amides is 1. The van der Waals surface area contributed by atoms with E-state index >= 15 is 0 Å². The zero-order valence-corrected chi connectivity index (χ0v) is 13.9. The normalized spacial score (nSPS) is 10.9. The van der Waals surface area contributed by atoms with E-state index in [1.54, 1.807) is 12.1 Å². The molecule has 2 aromatic rings. The summed E-state index contributed by atoms with van der Waals surface area (Å²) in [5, 5.41) is 2.46. The number of ether oxygens (including phenoxy) is 1. The Morgan fingerprint density at radius 2 is 1.52 bits per heavy atom. The Morgan fingerprint density at radius 3 is 2.04 bits per heavy atom. The van der Waals surface area contributed by atoms with Crippen molar-refractivity contribution in [2.75, 3.05) is 17.1 Å². The Balaban J connectivity index is 2.20. The van der Waals surface area contributed by atoms with Gasteiger partial charge in [-0.25, -0.2) is 13.2 Å². The molecule has 0 unspecified atom stereocenters. The van der Waals surface area contributed by atoms with Crippen molar-refractivity contribution in [3.8, 4) is 0 Å². The quantitative estimate of drug-likeness (QED) is 0.898. The maximum Gasteiger partial charge on any atom is 0.411 e. The summed E-state index contributed by atoms with van der Waals surface area (Å²) in [6.45, 7) is 3.80. The molecule has 6 nitrogen and oxygen atoms in total. The number of hydrogen-bond acceptors (Lipinski definition) is 4. The lowest BCUT2D eigenvalue weighted by atomic mass is 10.1. The van der Waals surface area contributed by atoms with Crippen molar-refractivity contribution in [1.82, 2.24) is 0 Å². The van der Waals surface area contributed by atoms with Gasteiger partial charge in [0.25, 0.3) is 10.0 Å². The summed E-state index contributed by atoms with van der Waals surface area (Å²) in [6.07, 6.45) is -0.617. The summed E-state index contributed by atoms with van der Waals surface area (Å²) in [4.78, 5) is 11.2. The van der Waals surface area contributed by atoms with Gasteiger partial charge in [-0.1, -0.05) is 6.07 Å². The number of carbonyl (C=O) groups excluding carboxylic acids is 1. The molecule has 2 aromatic carbocycles. The van der Waals surface area contributed by atoms with Gasteiger partial charge in [0.15, 0.2) is 0 Å². The smallest absolute Gasteiger partial charge is 0.411 e. The van der Waals surface area contributed by atoms with Crippen molar-refractivity contribution in [1.29, 1.82) is 0 Å². The van der Waals surface area contributed by atoms with Gasteiger partial charge in [-0.3, -0.25) is 10.0 Å². The summed E-state index contributed by atoms with van der Waals surface area (Å²) >= 11 is 0. The van der Waals surface area contributed by atoms with E-state index in [2.05, 4.69) is 14.8 Å². The highest BCUT2D eigenvalue weighted by Gasteiger charge is 2.14. The fourth-order valence-electron chi connectivity index (χ4n) is 2.13. The van der Waals surface area contributed by atoms with Crippen LogP contribution >= 0.6 is 0 Å². The third-order valence-electron chi connectivity index (χ3n) is 3.07. The number of benzene rings is 2. The summed E-state index contributed by atoms with van der Waals surface area (Å²) in [6, 6.07) is 11.3. The lowest BCUT2D eigenvalue weighted by Gasteiger charge is -2.10. The third kappa shape index (κ3) is 4.46. The van der Waals surface area contributed by atoms with Crippen molar-refractivity contribution >= 4 is 27.5 Å². The van der Waals surface area contributed by atoms with Crippen LogP contribution in [0.25, 0.3) is 0 Å². The molecule has 122 valence electrons. The number of sulfonamides is 1. The van der Waals surface area contributed by atoms with E-state index in [0.29, 0.717) is 11.4 Å². The molecule has 0 aliphatic rings. The number of anilines is 2. The van der Waals surface area contributed by atoms with Crippen LogP contribution in [0.4, 0.5) is 16.2 Å². The molecule has 0 heterocycles. The van der Waals surface area contributed by atoms with Crippen molar-refractivity contribution < 1.29 is 17.9 Å². The molecule has 0 spiro atoms. The zero-order chi connectivity index (χ0) is 17.0. The highest BCUT2D eigenvalue weighted by molar-refractivity contribution is 7.92. The highest BCUT2D eigenvalue weighted by Crippen LogP contribution is 2.20. The predicted molar refractivity (Wildman–Crippen MR) is 89.2 cm³/mol. The first-order chi connectivity index (χ1) is 10.8. The fraction of sp³-hybridized carbons (Fsp3) is 0.188. The van der Waals surface area contributed by atoms with Crippen LogP contribution in [0.5, 0.6) is 0 Å². The summed E-state index contributed by atoms with van der Waals surface area (Å²) in [7, 11) is -2.44. The molecule has 2 rings (SSSR count). The molecule has 0 saturated carbocycles. The van der Waals surface area contributed by atoms with Crippen LogP contribution < -0.4 is 10.0 Å². The Morgan fingerprint density at radius 1 is 0.957 bits per heavy atom. The lowest BCUT2D eigenvalue weighted by Crippen LogP contribution is -2.14.